The lowest BCUT2D eigenvalue weighted by atomic mass is 9.98. The largest absolute Gasteiger partial charge is 0.416 e. The number of nitrogens with zero attached hydrogens (tertiary/aromatic N) is 1. The first-order chi connectivity index (χ1) is 12.8. The third-order valence-corrected chi connectivity index (χ3v) is 4.49. The predicted octanol–water partition coefficient (Wildman–Crippen LogP) is 5.30. The zero-order chi connectivity index (χ0) is 19.6. The summed E-state index contributed by atoms with van der Waals surface area (Å²) in [5, 5.41) is 0. The standard InChI is InChI=1S/C19H13F4NO2S/c20-17-10-13(3-4-14(17)11-27(25)26)18-16(2-1-9-24-18)12-5-7-15(8-6-12)19(21,22)23/h1-10H,11H2,(H,25,26). The van der Waals surface area contributed by atoms with Crippen LogP contribution in [0.3, 0.4) is 0 Å². The minimum atomic E-state index is -4.43. The van der Waals surface area contributed by atoms with Gasteiger partial charge in [0.2, 0.25) is 0 Å². The average molecular weight is 395 g/mol. The van der Waals surface area contributed by atoms with E-state index in [4.69, 9.17) is 4.55 Å². The first-order valence-electron chi connectivity index (χ1n) is 7.74. The molecule has 0 aliphatic heterocycles. The molecule has 0 amide bonds. The molecule has 140 valence electrons. The molecule has 0 radical (unpaired) electrons. The maximum atomic E-state index is 14.2. The van der Waals surface area contributed by atoms with Crippen molar-refractivity contribution in [3.8, 4) is 22.4 Å². The van der Waals surface area contributed by atoms with Gasteiger partial charge in [-0.1, -0.05) is 30.3 Å². The van der Waals surface area contributed by atoms with Gasteiger partial charge in [0, 0.05) is 22.9 Å². The van der Waals surface area contributed by atoms with Crippen LogP contribution < -0.4 is 0 Å². The second-order valence-corrected chi connectivity index (χ2v) is 6.68. The van der Waals surface area contributed by atoms with Gasteiger partial charge < -0.3 is 4.55 Å². The molecular formula is C19H13F4NO2S. The summed E-state index contributed by atoms with van der Waals surface area (Å²) >= 11 is -2.17. The molecule has 2 aromatic carbocycles. The molecular weight excluding hydrogens is 382 g/mol. The molecule has 8 heteroatoms. The van der Waals surface area contributed by atoms with Gasteiger partial charge in [-0.05, 0) is 29.8 Å². The maximum Gasteiger partial charge on any atom is 0.416 e. The van der Waals surface area contributed by atoms with Gasteiger partial charge in [0.15, 0.2) is 11.1 Å². The van der Waals surface area contributed by atoms with Crippen LogP contribution in [0.4, 0.5) is 17.6 Å². The van der Waals surface area contributed by atoms with Crippen LogP contribution in [0.5, 0.6) is 0 Å². The van der Waals surface area contributed by atoms with E-state index in [9.17, 15) is 21.8 Å². The van der Waals surface area contributed by atoms with E-state index in [0.717, 1.165) is 12.1 Å². The molecule has 1 heterocycles. The van der Waals surface area contributed by atoms with Gasteiger partial charge in [0.1, 0.15) is 5.82 Å². The minimum Gasteiger partial charge on any atom is -0.306 e. The van der Waals surface area contributed by atoms with E-state index >= 15 is 0 Å². The van der Waals surface area contributed by atoms with E-state index in [0.29, 0.717) is 22.4 Å². The van der Waals surface area contributed by atoms with E-state index in [1.54, 1.807) is 18.2 Å². The lowest BCUT2D eigenvalue weighted by Gasteiger charge is -2.12. The molecule has 0 fully saturated rings. The Morgan fingerprint density at radius 2 is 1.67 bits per heavy atom. The third-order valence-electron chi connectivity index (χ3n) is 3.94. The summed E-state index contributed by atoms with van der Waals surface area (Å²) < 4.78 is 72.2. The van der Waals surface area contributed by atoms with E-state index in [2.05, 4.69) is 4.98 Å². The van der Waals surface area contributed by atoms with Crippen LogP contribution in [0.25, 0.3) is 22.4 Å². The monoisotopic (exact) mass is 395 g/mol. The Bertz CT molecular complexity index is 988. The summed E-state index contributed by atoms with van der Waals surface area (Å²) in [6.07, 6.45) is -2.93. The van der Waals surface area contributed by atoms with Gasteiger partial charge in [-0.2, -0.15) is 13.2 Å². The minimum absolute atomic E-state index is 0.0894. The maximum absolute atomic E-state index is 14.2. The van der Waals surface area contributed by atoms with Gasteiger partial charge in [-0.25, -0.2) is 8.60 Å². The number of benzene rings is 2. The van der Waals surface area contributed by atoms with Crippen LogP contribution in [0, 0.1) is 5.82 Å². The normalized spacial score (nSPS) is 12.8. The molecule has 0 saturated heterocycles. The number of rotatable bonds is 4. The quantitative estimate of drug-likeness (QED) is 0.482. The Labute approximate surface area is 155 Å². The van der Waals surface area contributed by atoms with Crippen molar-refractivity contribution in [2.24, 2.45) is 0 Å². The first kappa shape index (κ1) is 19.2. The van der Waals surface area contributed by atoms with Crippen molar-refractivity contribution < 1.29 is 26.3 Å². The van der Waals surface area contributed by atoms with Gasteiger partial charge in [0.05, 0.1) is 17.0 Å². The summed E-state index contributed by atoms with van der Waals surface area (Å²) in [4.78, 5) is 4.23. The summed E-state index contributed by atoms with van der Waals surface area (Å²) in [5.74, 6) is -0.987. The van der Waals surface area contributed by atoms with Gasteiger partial charge >= 0.3 is 6.18 Å². The third kappa shape index (κ3) is 4.40. The lowest BCUT2D eigenvalue weighted by molar-refractivity contribution is -0.137. The van der Waals surface area contributed by atoms with E-state index in [-0.39, 0.29) is 11.3 Å². The molecule has 1 unspecified atom stereocenters. The molecule has 3 aromatic rings. The predicted molar refractivity (Wildman–Crippen MR) is 94.5 cm³/mol. The van der Waals surface area contributed by atoms with E-state index in [1.807, 2.05) is 0 Å². The molecule has 1 N–H and O–H groups in total. The number of pyridine rings is 1. The number of alkyl halides is 3. The van der Waals surface area contributed by atoms with E-state index in [1.165, 1.54) is 30.5 Å². The zero-order valence-corrected chi connectivity index (χ0v) is 14.5. The van der Waals surface area contributed by atoms with Crippen LogP contribution in [0.15, 0.2) is 60.8 Å². The summed E-state index contributed by atoms with van der Waals surface area (Å²) in [6, 6.07) is 12.1. The molecule has 3 nitrogen and oxygen atoms in total. The fraction of sp³-hybridized carbons (Fsp3) is 0.105. The smallest absolute Gasteiger partial charge is 0.306 e. The van der Waals surface area contributed by atoms with Crippen LogP contribution in [-0.2, 0) is 23.0 Å². The molecule has 0 bridgehead atoms. The molecule has 27 heavy (non-hydrogen) atoms. The molecule has 0 spiro atoms. The molecule has 0 aliphatic carbocycles. The van der Waals surface area contributed by atoms with Crippen molar-refractivity contribution in [3.63, 3.8) is 0 Å². The fourth-order valence-corrected chi connectivity index (χ4v) is 3.15. The van der Waals surface area contributed by atoms with Gasteiger partial charge in [-0.15, -0.1) is 0 Å². The van der Waals surface area contributed by atoms with Crippen molar-refractivity contribution >= 4 is 11.1 Å². The summed E-state index contributed by atoms with van der Waals surface area (Å²) in [6.45, 7) is 0. The Morgan fingerprint density at radius 3 is 2.26 bits per heavy atom. The summed E-state index contributed by atoms with van der Waals surface area (Å²) in [5.41, 5.74) is 1.19. The van der Waals surface area contributed by atoms with Crippen molar-refractivity contribution in [1.29, 1.82) is 0 Å². The molecule has 3 rings (SSSR count). The Hall–Kier alpha value is -2.58. The Morgan fingerprint density at radius 1 is 1.00 bits per heavy atom. The lowest BCUT2D eigenvalue weighted by Crippen LogP contribution is -2.04. The number of aromatic nitrogens is 1. The SMILES string of the molecule is O=S(O)Cc1ccc(-c2ncccc2-c2ccc(C(F)(F)F)cc2)cc1F. The summed E-state index contributed by atoms with van der Waals surface area (Å²) in [7, 11) is 0. The fourth-order valence-electron chi connectivity index (χ4n) is 2.65. The van der Waals surface area contributed by atoms with E-state index < -0.39 is 28.6 Å². The van der Waals surface area contributed by atoms with Gasteiger partial charge in [-0.3, -0.25) is 4.98 Å². The van der Waals surface area contributed by atoms with Crippen LogP contribution >= 0.6 is 0 Å². The topological polar surface area (TPSA) is 50.2 Å². The highest BCUT2D eigenvalue weighted by atomic mass is 32.2. The first-order valence-corrected chi connectivity index (χ1v) is 9.02. The van der Waals surface area contributed by atoms with Crippen LogP contribution in [-0.4, -0.2) is 13.7 Å². The number of halogens is 4. The molecule has 0 saturated carbocycles. The van der Waals surface area contributed by atoms with Crippen molar-refractivity contribution in [2.45, 2.75) is 11.9 Å². The van der Waals surface area contributed by atoms with Crippen molar-refractivity contribution in [2.75, 3.05) is 0 Å². The van der Waals surface area contributed by atoms with Gasteiger partial charge in [0.25, 0.3) is 0 Å². The van der Waals surface area contributed by atoms with Crippen molar-refractivity contribution in [1.82, 2.24) is 4.98 Å². The highest BCUT2D eigenvalue weighted by Gasteiger charge is 2.30. The van der Waals surface area contributed by atoms with Crippen LogP contribution in [0.1, 0.15) is 11.1 Å². The molecule has 1 atom stereocenters. The molecule has 1 aromatic heterocycles. The average Bonchev–Trinajstić information content (AvgIpc) is 2.62. The molecule has 0 aliphatic rings. The highest BCUT2D eigenvalue weighted by molar-refractivity contribution is 7.78. The number of hydrogen-bond donors (Lipinski definition) is 1. The highest BCUT2D eigenvalue weighted by Crippen LogP contribution is 2.34. The van der Waals surface area contributed by atoms with Crippen molar-refractivity contribution in [3.05, 3.63) is 77.7 Å². The second kappa shape index (κ2) is 7.58. The number of hydrogen-bond acceptors (Lipinski definition) is 2. The zero-order valence-electron chi connectivity index (χ0n) is 13.7. The Balaban J connectivity index is 2.02. The van der Waals surface area contributed by atoms with Crippen LogP contribution in [0.2, 0.25) is 0 Å². The Kier molecular flexibility index (Phi) is 5.38. The second-order valence-electron chi connectivity index (χ2n) is 5.75.